The molecule has 0 radical (unpaired) electrons. The summed E-state index contributed by atoms with van der Waals surface area (Å²) < 4.78 is 12.1. The number of aromatic nitrogens is 2. The number of nitrogens with one attached hydrogen (secondary N) is 1. The van der Waals surface area contributed by atoms with Gasteiger partial charge in [-0.3, -0.25) is 19.4 Å². The Morgan fingerprint density at radius 3 is 2.53 bits per heavy atom. The Morgan fingerprint density at radius 1 is 1.00 bits per heavy atom. The maximum Gasteiger partial charge on any atom is 0.328 e. The SMILES string of the molecule is O=C(CCn1ccc(=O)[nH]c1=O)N1CCN(C(=O)[C@@H]2C[C@H]2c2ccc3c(c2)OCO3)CC1. The summed E-state index contributed by atoms with van der Waals surface area (Å²) in [5.74, 6) is 1.72. The summed E-state index contributed by atoms with van der Waals surface area (Å²) in [6, 6.07) is 7.11. The number of carbonyl (C=O) groups is 2. The van der Waals surface area contributed by atoms with Crippen molar-refractivity contribution in [3.05, 3.63) is 56.9 Å². The number of aryl methyl sites for hydroxylation is 1. The van der Waals surface area contributed by atoms with Gasteiger partial charge in [0, 0.05) is 57.3 Å². The van der Waals surface area contributed by atoms with Gasteiger partial charge in [-0.1, -0.05) is 6.07 Å². The van der Waals surface area contributed by atoms with Gasteiger partial charge in [-0.15, -0.1) is 0 Å². The van der Waals surface area contributed by atoms with E-state index in [0.717, 1.165) is 23.5 Å². The van der Waals surface area contributed by atoms with Crippen molar-refractivity contribution in [2.45, 2.75) is 25.3 Å². The van der Waals surface area contributed by atoms with Gasteiger partial charge in [0.1, 0.15) is 0 Å². The van der Waals surface area contributed by atoms with Crippen LogP contribution in [-0.2, 0) is 16.1 Å². The Morgan fingerprint density at radius 2 is 1.75 bits per heavy atom. The number of amides is 2. The maximum absolute atomic E-state index is 12.9. The number of nitrogens with zero attached hydrogens (tertiary/aromatic N) is 3. The first-order chi connectivity index (χ1) is 15.5. The van der Waals surface area contributed by atoms with Crippen LogP contribution in [0.4, 0.5) is 0 Å². The Balaban J connectivity index is 1.11. The summed E-state index contributed by atoms with van der Waals surface area (Å²) in [5.41, 5.74) is 0.107. The van der Waals surface area contributed by atoms with Crippen molar-refractivity contribution in [3.63, 3.8) is 0 Å². The van der Waals surface area contributed by atoms with Gasteiger partial charge in [0.2, 0.25) is 18.6 Å². The number of rotatable bonds is 5. The first-order valence-corrected chi connectivity index (χ1v) is 10.8. The molecular weight excluding hydrogens is 416 g/mol. The van der Waals surface area contributed by atoms with Crippen LogP contribution in [-0.4, -0.2) is 64.1 Å². The number of carbonyl (C=O) groups excluding carboxylic acids is 2. The first-order valence-electron chi connectivity index (χ1n) is 10.8. The van der Waals surface area contributed by atoms with E-state index in [-0.39, 0.29) is 43.4 Å². The van der Waals surface area contributed by atoms with Crippen LogP contribution in [0.1, 0.15) is 24.3 Å². The van der Waals surface area contributed by atoms with Crippen LogP contribution >= 0.6 is 0 Å². The Hall–Kier alpha value is -3.56. The average Bonchev–Trinajstić information content (AvgIpc) is 3.46. The van der Waals surface area contributed by atoms with Crippen LogP contribution in [0.3, 0.4) is 0 Å². The standard InChI is InChI=1S/C22H24N4O6/c27-19-3-5-26(22(30)23-19)6-4-20(28)24-7-9-25(10-8-24)21(29)16-12-15(16)14-1-2-17-18(11-14)32-13-31-17/h1-3,5,11,15-16H,4,6-10,12-13H2,(H,23,27,30)/t15-,16+/m0/s1. The van der Waals surface area contributed by atoms with Gasteiger partial charge in [0.25, 0.3) is 5.56 Å². The normalized spacial score (nSPS) is 21.5. The van der Waals surface area contributed by atoms with E-state index in [1.807, 2.05) is 23.1 Å². The smallest absolute Gasteiger partial charge is 0.328 e. The van der Waals surface area contributed by atoms with Crippen LogP contribution in [0.25, 0.3) is 0 Å². The molecule has 2 aromatic rings. The Bertz CT molecular complexity index is 1160. The minimum absolute atomic E-state index is 0.0234. The number of hydrogen-bond acceptors (Lipinski definition) is 6. The fourth-order valence-electron chi connectivity index (χ4n) is 4.39. The molecule has 2 amide bonds. The summed E-state index contributed by atoms with van der Waals surface area (Å²) in [6.45, 7) is 2.41. The van der Waals surface area contributed by atoms with Crippen molar-refractivity contribution in [1.29, 1.82) is 0 Å². The molecule has 1 aromatic heterocycles. The summed E-state index contributed by atoms with van der Waals surface area (Å²) in [6.07, 6.45) is 2.37. The predicted octanol–water partition coefficient (Wildman–Crippen LogP) is 0.130. The fraction of sp³-hybridized carbons (Fsp3) is 0.455. The lowest BCUT2D eigenvalue weighted by Crippen LogP contribution is -2.51. The lowest BCUT2D eigenvalue weighted by molar-refractivity contribution is -0.140. The molecule has 3 aliphatic rings. The molecule has 1 aromatic carbocycles. The van der Waals surface area contributed by atoms with Crippen molar-refractivity contribution in [2.24, 2.45) is 5.92 Å². The number of aromatic amines is 1. The highest BCUT2D eigenvalue weighted by molar-refractivity contribution is 5.83. The number of benzene rings is 1. The third-order valence-corrected chi connectivity index (χ3v) is 6.34. The molecule has 2 aliphatic heterocycles. The highest BCUT2D eigenvalue weighted by Gasteiger charge is 2.46. The van der Waals surface area contributed by atoms with E-state index in [1.54, 1.807) is 4.90 Å². The van der Waals surface area contributed by atoms with Gasteiger partial charge in [-0.2, -0.15) is 0 Å². The van der Waals surface area contributed by atoms with Gasteiger partial charge in [-0.25, -0.2) is 4.79 Å². The van der Waals surface area contributed by atoms with Crippen molar-refractivity contribution in [2.75, 3.05) is 33.0 Å². The van der Waals surface area contributed by atoms with Crippen LogP contribution in [0.2, 0.25) is 0 Å². The average molecular weight is 440 g/mol. The quantitative estimate of drug-likeness (QED) is 0.707. The molecule has 168 valence electrons. The minimum Gasteiger partial charge on any atom is -0.454 e. The molecule has 0 bridgehead atoms. The molecular formula is C22H24N4O6. The number of H-pyrrole nitrogens is 1. The molecule has 0 spiro atoms. The molecule has 10 heteroatoms. The summed E-state index contributed by atoms with van der Waals surface area (Å²) >= 11 is 0. The lowest BCUT2D eigenvalue weighted by Gasteiger charge is -2.35. The molecule has 2 atom stereocenters. The zero-order valence-electron chi connectivity index (χ0n) is 17.5. The maximum atomic E-state index is 12.9. The lowest BCUT2D eigenvalue weighted by atomic mass is 10.1. The second-order valence-corrected chi connectivity index (χ2v) is 8.32. The molecule has 1 aliphatic carbocycles. The predicted molar refractivity (Wildman–Crippen MR) is 113 cm³/mol. The highest BCUT2D eigenvalue weighted by Crippen LogP contribution is 2.50. The summed E-state index contributed by atoms with van der Waals surface area (Å²) in [4.78, 5) is 54.0. The Labute approximate surface area is 183 Å². The first kappa shape index (κ1) is 20.3. The highest BCUT2D eigenvalue weighted by atomic mass is 16.7. The number of piperazine rings is 1. The molecule has 10 nitrogen and oxygen atoms in total. The molecule has 2 fully saturated rings. The van der Waals surface area contributed by atoms with E-state index in [9.17, 15) is 19.2 Å². The van der Waals surface area contributed by atoms with E-state index in [2.05, 4.69) is 4.98 Å². The third-order valence-electron chi connectivity index (χ3n) is 6.34. The van der Waals surface area contributed by atoms with Crippen molar-refractivity contribution in [1.82, 2.24) is 19.4 Å². The van der Waals surface area contributed by atoms with Gasteiger partial charge < -0.3 is 23.8 Å². The second-order valence-electron chi connectivity index (χ2n) is 8.32. The summed E-state index contributed by atoms with van der Waals surface area (Å²) in [5, 5.41) is 0. The molecule has 1 N–H and O–H groups in total. The zero-order chi connectivity index (χ0) is 22.2. The number of hydrogen-bond donors (Lipinski definition) is 1. The topological polar surface area (TPSA) is 114 Å². The molecule has 0 unspecified atom stereocenters. The van der Waals surface area contributed by atoms with Crippen molar-refractivity contribution < 1.29 is 19.1 Å². The third kappa shape index (κ3) is 4.00. The zero-order valence-corrected chi connectivity index (χ0v) is 17.5. The van der Waals surface area contributed by atoms with Crippen molar-refractivity contribution in [3.8, 4) is 11.5 Å². The van der Waals surface area contributed by atoms with E-state index in [1.165, 1.54) is 16.8 Å². The van der Waals surface area contributed by atoms with Gasteiger partial charge in [0.05, 0.1) is 0 Å². The number of fused-ring (bicyclic) bond motifs is 1. The van der Waals surface area contributed by atoms with Crippen LogP contribution in [0, 0.1) is 5.92 Å². The molecule has 3 heterocycles. The summed E-state index contributed by atoms with van der Waals surface area (Å²) in [7, 11) is 0. The molecule has 1 saturated heterocycles. The van der Waals surface area contributed by atoms with Crippen LogP contribution < -0.4 is 20.7 Å². The second kappa shape index (κ2) is 8.18. The van der Waals surface area contributed by atoms with Crippen LogP contribution in [0.15, 0.2) is 40.1 Å². The molecule has 32 heavy (non-hydrogen) atoms. The minimum atomic E-state index is -0.526. The fourth-order valence-corrected chi connectivity index (χ4v) is 4.39. The van der Waals surface area contributed by atoms with E-state index < -0.39 is 11.2 Å². The monoisotopic (exact) mass is 440 g/mol. The van der Waals surface area contributed by atoms with Gasteiger partial charge >= 0.3 is 5.69 Å². The molecule has 5 rings (SSSR count). The van der Waals surface area contributed by atoms with E-state index in [0.29, 0.717) is 26.2 Å². The van der Waals surface area contributed by atoms with E-state index in [4.69, 9.17) is 9.47 Å². The largest absolute Gasteiger partial charge is 0.454 e. The Kier molecular flexibility index (Phi) is 5.20. The van der Waals surface area contributed by atoms with Crippen LogP contribution in [0.5, 0.6) is 11.5 Å². The van der Waals surface area contributed by atoms with Gasteiger partial charge in [0.15, 0.2) is 11.5 Å². The van der Waals surface area contributed by atoms with Crippen molar-refractivity contribution >= 4 is 11.8 Å². The molecule has 1 saturated carbocycles. The van der Waals surface area contributed by atoms with E-state index >= 15 is 0 Å². The number of ether oxygens (including phenoxy) is 2. The van der Waals surface area contributed by atoms with Gasteiger partial charge in [-0.05, 0) is 30.0 Å².